The lowest BCUT2D eigenvalue weighted by Gasteiger charge is -2.46. The summed E-state index contributed by atoms with van der Waals surface area (Å²) < 4.78 is 22.7. The van der Waals surface area contributed by atoms with Crippen LogP contribution in [0.2, 0.25) is 0 Å². The number of carbonyl (C=O) groups is 1. The smallest absolute Gasteiger partial charge is 0.220 e. The maximum Gasteiger partial charge on any atom is 0.220 e. The van der Waals surface area contributed by atoms with Gasteiger partial charge in [0.25, 0.3) is 0 Å². The van der Waals surface area contributed by atoms with Crippen LogP contribution in [-0.2, 0) is 23.7 Å². The predicted octanol–water partition coefficient (Wildman–Crippen LogP) is 10.1. The molecule has 428 valence electrons. The molecule has 0 saturated carbocycles. The fourth-order valence-corrected chi connectivity index (χ4v) is 10.4. The maximum absolute atomic E-state index is 13.2. The van der Waals surface area contributed by atoms with Gasteiger partial charge in [0.2, 0.25) is 5.91 Å². The van der Waals surface area contributed by atoms with Crippen LogP contribution >= 0.6 is 0 Å². The normalized spacial score (nSPS) is 25.5. The van der Waals surface area contributed by atoms with Crippen molar-refractivity contribution in [1.29, 1.82) is 0 Å². The van der Waals surface area contributed by atoms with Crippen molar-refractivity contribution in [3.8, 4) is 0 Å². The summed E-state index contributed by atoms with van der Waals surface area (Å²) in [5, 5.41) is 86.8. The molecule has 2 rings (SSSR count). The van der Waals surface area contributed by atoms with Crippen molar-refractivity contribution >= 4 is 5.91 Å². The van der Waals surface area contributed by atoms with Gasteiger partial charge in [-0.15, -0.1) is 0 Å². The standard InChI is InChI=1S/C58H113NO13/c1-3-5-7-9-11-12-13-14-15-16-17-18-19-20-21-22-23-24-25-26-27-28-29-30-31-32-33-34-36-38-40-42-50(63)59-46(47(62)41-39-37-35-10-8-6-4-2)45-69-57-55(68)53(66)56(49(44-61)71-57)72-58-54(67)52(65)51(64)48(43-60)70-58/h46-49,51-58,60-62,64-68H,3-45H2,1-2H3,(H,59,63). The van der Waals surface area contributed by atoms with Gasteiger partial charge < -0.3 is 65.1 Å². The second kappa shape index (κ2) is 45.1. The average molecular weight is 1030 g/mol. The van der Waals surface area contributed by atoms with Crippen molar-refractivity contribution in [2.75, 3.05) is 19.8 Å². The number of rotatable bonds is 49. The van der Waals surface area contributed by atoms with Gasteiger partial charge in [-0.3, -0.25) is 4.79 Å². The molecule has 2 saturated heterocycles. The highest BCUT2D eigenvalue weighted by molar-refractivity contribution is 5.76. The molecule has 2 fully saturated rings. The maximum atomic E-state index is 13.2. The fraction of sp³-hybridized carbons (Fsp3) is 0.983. The molecule has 0 aromatic carbocycles. The molecule has 0 radical (unpaired) electrons. The Hall–Kier alpha value is -1.01. The van der Waals surface area contributed by atoms with Crippen LogP contribution in [0.5, 0.6) is 0 Å². The first-order chi connectivity index (χ1) is 35.1. The molecule has 9 N–H and O–H groups in total. The van der Waals surface area contributed by atoms with Crippen LogP contribution in [-0.4, -0.2) is 140 Å². The Bertz CT molecular complexity index is 1220. The SMILES string of the molecule is CCCCCCCCCCCCCCCCCCCCCCCCCCCCCCCCCC(=O)NC(COC1OC(CO)C(OC2OC(CO)C(O)C(O)C2O)C(O)C1O)C(O)CCCCCCCCC. The van der Waals surface area contributed by atoms with Gasteiger partial charge in [-0.25, -0.2) is 0 Å². The van der Waals surface area contributed by atoms with Gasteiger partial charge in [0, 0.05) is 6.42 Å². The fourth-order valence-electron chi connectivity index (χ4n) is 10.4. The number of nitrogens with one attached hydrogen (secondary N) is 1. The molecule has 12 unspecified atom stereocenters. The number of aliphatic hydroxyl groups is 8. The molecule has 0 aromatic rings. The third kappa shape index (κ3) is 30.7. The molecule has 72 heavy (non-hydrogen) atoms. The molecular weight excluding hydrogens is 919 g/mol. The average Bonchev–Trinajstić information content (AvgIpc) is 3.38. The number of aliphatic hydroxyl groups excluding tert-OH is 8. The molecule has 14 heteroatoms. The van der Waals surface area contributed by atoms with Crippen LogP contribution in [0.25, 0.3) is 0 Å². The van der Waals surface area contributed by atoms with Gasteiger partial charge in [-0.1, -0.05) is 251 Å². The molecule has 2 aliphatic rings. The van der Waals surface area contributed by atoms with E-state index in [9.17, 15) is 45.6 Å². The highest BCUT2D eigenvalue weighted by Crippen LogP contribution is 2.30. The van der Waals surface area contributed by atoms with Gasteiger partial charge in [0.05, 0.1) is 32.0 Å². The first-order valence-electron chi connectivity index (χ1n) is 30.3. The third-order valence-electron chi connectivity index (χ3n) is 15.3. The Morgan fingerprint density at radius 1 is 0.444 bits per heavy atom. The van der Waals surface area contributed by atoms with E-state index >= 15 is 0 Å². The van der Waals surface area contributed by atoms with Crippen LogP contribution in [0.15, 0.2) is 0 Å². The molecular formula is C58H113NO13. The molecule has 0 aliphatic carbocycles. The first-order valence-corrected chi connectivity index (χ1v) is 30.3. The number of hydrogen-bond acceptors (Lipinski definition) is 13. The lowest BCUT2D eigenvalue weighted by molar-refractivity contribution is -0.359. The monoisotopic (exact) mass is 1030 g/mol. The van der Waals surface area contributed by atoms with E-state index in [-0.39, 0.29) is 12.5 Å². The molecule has 2 aliphatic heterocycles. The van der Waals surface area contributed by atoms with E-state index in [2.05, 4.69) is 19.2 Å². The van der Waals surface area contributed by atoms with E-state index in [1.807, 2.05) is 0 Å². The quantitative estimate of drug-likeness (QED) is 0.0259. The first kappa shape index (κ1) is 67.1. The van der Waals surface area contributed by atoms with Gasteiger partial charge in [-0.05, 0) is 12.8 Å². The second-order valence-corrected chi connectivity index (χ2v) is 21.8. The van der Waals surface area contributed by atoms with Crippen LogP contribution in [0, 0.1) is 0 Å². The number of unbranched alkanes of at least 4 members (excludes halogenated alkanes) is 36. The summed E-state index contributed by atoms with van der Waals surface area (Å²) in [5.74, 6) is -0.205. The largest absolute Gasteiger partial charge is 0.394 e. The van der Waals surface area contributed by atoms with Gasteiger partial charge in [0.15, 0.2) is 12.6 Å². The van der Waals surface area contributed by atoms with Crippen molar-refractivity contribution in [3.05, 3.63) is 0 Å². The van der Waals surface area contributed by atoms with Crippen LogP contribution < -0.4 is 5.32 Å². The number of carbonyl (C=O) groups excluding carboxylic acids is 1. The number of ether oxygens (including phenoxy) is 4. The highest BCUT2D eigenvalue weighted by Gasteiger charge is 2.51. The molecule has 0 spiro atoms. The van der Waals surface area contributed by atoms with E-state index in [0.29, 0.717) is 12.8 Å². The molecule has 14 nitrogen and oxygen atoms in total. The Morgan fingerprint density at radius 3 is 1.18 bits per heavy atom. The summed E-state index contributed by atoms with van der Waals surface area (Å²) in [7, 11) is 0. The Balaban J connectivity index is 1.56. The summed E-state index contributed by atoms with van der Waals surface area (Å²) in [4.78, 5) is 13.2. The van der Waals surface area contributed by atoms with Crippen molar-refractivity contribution < 1.29 is 64.6 Å². The summed E-state index contributed by atoms with van der Waals surface area (Å²) in [6.45, 7) is 2.83. The Kier molecular flexibility index (Phi) is 42.0. The molecule has 1 amide bonds. The van der Waals surface area contributed by atoms with Crippen LogP contribution in [0.1, 0.15) is 271 Å². The third-order valence-corrected chi connectivity index (χ3v) is 15.3. The lowest BCUT2D eigenvalue weighted by atomic mass is 9.97. The van der Waals surface area contributed by atoms with E-state index in [1.54, 1.807) is 0 Å². The van der Waals surface area contributed by atoms with E-state index in [0.717, 1.165) is 51.4 Å². The van der Waals surface area contributed by atoms with Crippen LogP contribution in [0.3, 0.4) is 0 Å². The highest BCUT2D eigenvalue weighted by atomic mass is 16.7. The predicted molar refractivity (Wildman–Crippen MR) is 286 cm³/mol. The Morgan fingerprint density at radius 2 is 0.792 bits per heavy atom. The van der Waals surface area contributed by atoms with Crippen molar-refractivity contribution in [2.45, 2.75) is 344 Å². The number of hydrogen-bond donors (Lipinski definition) is 9. The minimum Gasteiger partial charge on any atom is -0.394 e. The zero-order valence-corrected chi connectivity index (χ0v) is 46.0. The molecule has 12 atom stereocenters. The van der Waals surface area contributed by atoms with Crippen molar-refractivity contribution in [3.63, 3.8) is 0 Å². The zero-order valence-electron chi connectivity index (χ0n) is 46.0. The van der Waals surface area contributed by atoms with Gasteiger partial charge in [-0.2, -0.15) is 0 Å². The Labute approximate surface area is 438 Å². The summed E-state index contributed by atoms with van der Waals surface area (Å²) in [6, 6.07) is -0.820. The van der Waals surface area contributed by atoms with Gasteiger partial charge >= 0.3 is 0 Å². The minimum atomic E-state index is -1.78. The van der Waals surface area contributed by atoms with E-state index in [1.165, 1.54) is 193 Å². The van der Waals surface area contributed by atoms with Gasteiger partial charge in [0.1, 0.15) is 48.8 Å². The van der Waals surface area contributed by atoms with E-state index < -0.39 is 86.8 Å². The summed E-state index contributed by atoms with van der Waals surface area (Å²) in [5.41, 5.74) is 0. The van der Waals surface area contributed by atoms with Crippen molar-refractivity contribution in [1.82, 2.24) is 5.32 Å². The molecule has 0 bridgehead atoms. The number of amides is 1. The topological polar surface area (TPSA) is 228 Å². The summed E-state index contributed by atoms with van der Waals surface area (Å²) >= 11 is 0. The zero-order chi connectivity index (χ0) is 52.4. The molecule has 2 heterocycles. The minimum absolute atomic E-state index is 0.205. The van der Waals surface area contributed by atoms with E-state index in [4.69, 9.17) is 18.9 Å². The van der Waals surface area contributed by atoms with Crippen molar-refractivity contribution in [2.24, 2.45) is 0 Å². The summed E-state index contributed by atoms with van der Waals surface area (Å²) in [6.07, 6.45) is 33.2. The second-order valence-electron chi connectivity index (χ2n) is 21.8. The lowest BCUT2D eigenvalue weighted by Crippen LogP contribution is -2.65. The molecule has 0 aromatic heterocycles. The van der Waals surface area contributed by atoms with Crippen LogP contribution in [0.4, 0.5) is 0 Å².